The summed E-state index contributed by atoms with van der Waals surface area (Å²) < 4.78 is 61.5. The van der Waals surface area contributed by atoms with Crippen LogP contribution in [-0.4, -0.2) is 50.8 Å². The molecule has 0 amide bonds. The van der Waals surface area contributed by atoms with Gasteiger partial charge in [-0.15, -0.1) is 23.5 Å². The minimum absolute atomic E-state index is 0. The molecule has 8 N–H and O–H groups in total. The van der Waals surface area contributed by atoms with E-state index in [1.54, 1.807) is 35.7 Å². The van der Waals surface area contributed by atoms with Gasteiger partial charge in [0.25, 0.3) is 20.2 Å². The summed E-state index contributed by atoms with van der Waals surface area (Å²) in [6, 6.07) is 9.38. The molecule has 0 atom stereocenters. The fourth-order valence-corrected chi connectivity index (χ4v) is 6.53. The van der Waals surface area contributed by atoms with Crippen molar-refractivity contribution in [2.45, 2.75) is 33.4 Å². The lowest BCUT2D eigenvalue weighted by Gasteiger charge is -2.15. The number of nitrogens with zero attached hydrogens (tertiary/aromatic N) is 2. The fourth-order valence-electron chi connectivity index (χ4n) is 3.02. The van der Waals surface area contributed by atoms with Gasteiger partial charge in [0.1, 0.15) is 0 Å². The van der Waals surface area contributed by atoms with Crippen molar-refractivity contribution in [3.8, 4) is 0 Å². The first-order valence-corrected chi connectivity index (χ1v) is 13.9. The van der Waals surface area contributed by atoms with Gasteiger partial charge in [0.15, 0.2) is 0 Å². The average molecular weight is 525 g/mol. The molecule has 0 bridgehead atoms. The van der Waals surface area contributed by atoms with E-state index in [2.05, 4.69) is 9.80 Å². The first-order chi connectivity index (χ1) is 14.0. The van der Waals surface area contributed by atoms with E-state index in [9.17, 15) is 16.8 Å². The van der Waals surface area contributed by atoms with Crippen molar-refractivity contribution in [2.75, 3.05) is 34.6 Å². The van der Waals surface area contributed by atoms with Crippen LogP contribution in [0.15, 0.2) is 56.0 Å². The maximum atomic E-state index is 10.9. The molecular formula is C18H28N4O6S4. The Hall–Kier alpha value is -1.52. The molecule has 0 fully saturated rings. The molecule has 2 aromatic rings. The molecule has 4 rings (SSSR count). The maximum absolute atomic E-state index is 10.9. The molecule has 0 spiro atoms. The Bertz CT molecular complexity index is 1070. The van der Waals surface area contributed by atoms with Gasteiger partial charge in [-0.3, -0.25) is 9.11 Å². The van der Waals surface area contributed by atoms with Gasteiger partial charge in [-0.1, -0.05) is 0 Å². The molecule has 180 valence electrons. The van der Waals surface area contributed by atoms with Crippen molar-refractivity contribution in [2.24, 2.45) is 0 Å². The van der Waals surface area contributed by atoms with Gasteiger partial charge in [0.05, 0.1) is 32.9 Å². The third-order valence-electron chi connectivity index (χ3n) is 4.65. The number of hydrogen-bond donors (Lipinski definition) is 4. The number of anilines is 2. The second kappa shape index (κ2) is 11.1. The highest BCUT2D eigenvalue weighted by Crippen LogP contribution is 2.40. The molecule has 0 aliphatic carbocycles. The molecule has 0 aromatic heterocycles. The van der Waals surface area contributed by atoms with Gasteiger partial charge >= 0.3 is 0 Å². The molecule has 0 saturated heterocycles. The standard InChI is InChI=1S/2C9H11NO3S2.2H3N/c2*1-2-10-6-14-9-5-7(15(11,12)13)3-4-8(9)10;;/h2*3-5H,2,6H2,1H3,(H,11,12,13);2*1H3. The van der Waals surface area contributed by atoms with Crippen molar-refractivity contribution in [3.63, 3.8) is 0 Å². The molecule has 2 heterocycles. The SMILES string of the molecule is CCN1CSc2cc(S(=O)(=O)O)ccc21.CCN1CSc2cc(S(=O)(=O)O)ccc21.N.N. The molecule has 0 saturated carbocycles. The first-order valence-electron chi connectivity index (χ1n) is 9.03. The monoisotopic (exact) mass is 524 g/mol. The van der Waals surface area contributed by atoms with E-state index >= 15 is 0 Å². The number of hydrogen-bond acceptors (Lipinski definition) is 10. The molecule has 10 nitrogen and oxygen atoms in total. The van der Waals surface area contributed by atoms with Crippen LogP contribution in [0, 0.1) is 0 Å². The third kappa shape index (κ3) is 6.29. The smallest absolute Gasteiger partial charge is 0.294 e. The van der Waals surface area contributed by atoms with Crippen LogP contribution in [0.3, 0.4) is 0 Å². The van der Waals surface area contributed by atoms with Crippen LogP contribution in [0.1, 0.15) is 13.8 Å². The summed E-state index contributed by atoms with van der Waals surface area (Å²) >= 11 is 3.16. The van der Waals surface area contributed by atoms with Gasteiger partial charge in [-0.05, 0) is 50.2 Å². The lowest BCUT2D eigenvalue weighted by Crippen LogP contribution is -2.17. The van der Waals surface area contributed by atoms with E-state index in [1.165, 1.54) is 24.3 Å². The highest BCUT2D eigenvalue weighted by molar-refractivity contribution is 8.00. The van der Waals surface area contributed by atoms with Crippen molar-refractivity contribution < 1.29 is 25.9 Å². The predicted octanol–water partition coefficient (Wildman–Crippen LogP) is 3.97. The number of rotatable bonds is 4. The Kier molecular flexibility index (Phi) is 9.86. The molecular weight excluding hydrogens is 496 g/mol. The summed E-state index contributed by atoms with van der Waals surface area (Å²) in [5, 5.41) is 0. The summed E-state index contributed by atoms with van der Waals surface area (Å²) in [5.41, 5.74) is 2.07. The minimum atomic E-state index is -4.08. The second-order valence-corrected chi connectivity index (χ2v) is 11.3. The lowest BCUT2D eigenvalue weighted by atomic mass is 10.3. The van der Waals surface area contributed by atoms with Gasteiger partial charge in [-0.25, -0.2) is 0 Å². The van der Waals surface area contributed by atoms with Crippen LogP contribution >= 0.6 is 23.5 Å². The molecule has 0 unspecified atom stereocenters. The normalized spacial score (nSPS) is 14.5. The Morgan fingerprint density at radius 2 is 1.09 bits per heavy atom. The molecule has 0 radical (unpaired) electrons. The number of thioether (sulfide) groups is 2. The number of benzene rings is 2. The van der Waals surface area contributed by atoms with Crippen molar-refractivity contribution in [1.82, 2.24) is 12.3 Å². The van der Waals surface area contributed by atoms with Crippen molar-refractivity contribution in [1.29, 1.82) is 0 Å². The molecule has 32 heavy (non-hydrogen) atoms. The predicted molar refractivity (Wildman–Crippen MR) is 130 cm³/mol. The number of fused-ring (bicyclic) bond motifs is 2. The summed E-state index contributed by atoms with van der Waals surface area (Å²) in [5.74, 6) is 1.67. The third-order valence-corrected chi connectivity index (χ3v) is 8.51. The van der Waals surface area contributed by atoms with Crippen LogP contribution < -0.4 is 22.1 Å². The molecule has 2 aliphatic rings. The highest BCUT2D eigenvalue weighted by Gasteiger charge is 2.22. The van der Waals surface area contributed by atoms with E-state index in [0.29, 0.717) is 0 Å². The van der Waals surface area contributed by atoms with Crippen LogP contribution in [0.4, 0.5) is 11.4 Å². The van der Waals surface area contributed by atoms with E-state index in [0.717, 1.165) is 46.0 Å². The van der Waals surface area contributed by atoms with Gasteiger partial charge in [0, 0.05) is 22.9 Å². The van der Waals surface area contributed by atoms with E-state index < -0.39 is 20.2 Å². The van der Waals surface area contributed by atoms with Gasteiger partial charge in [0.2, 0.25) is 0 Å². The Morgan fingerprint density at radius 1 is 0.750 bits per heavy atom. The summed E-state index contributed by atoms with van der Waals surface area (Å²) in [7, 11) is -8.16. The van der Waals surface area contributed by atoms with Crippen LogP contribution in [0.2, 0.25) is 0 Å². The maximum Gasteiger partial charge on any atom is 0.294 e. The van der Waals surface area contributed by atoms with Crippen LogP contribution in [-0.2, 0) is 20.2 Å². The van der Waals surface area contributed by atoms with Gasteiger partial charge < -0.3 is 22.1 Å². The largest absolute Gasteiger partial charge is 0.361 e. The zero-order chi connectivity index (χ0) is 22.1. The molecule has 14 heteroatoms. The van der Waals surface area contributed by atoms with Crippen LogP contribution in [0.25, 0.3) is 0 Å². The fraction of sp³-hybridized carbons (Fsp3) is 0.333. The quantitative estimate of drug-likeness (QED) is 0.422. The minimum Gasteiger partial charge on any atom is -0.361 e. The molecule has 2 aliphatic heterocycles. The lowest BCUT2D eigenvalue weighted by molar-refractivity contribution is 0.480. The summed E-state index contributed by atoms with van der Waals surface area (Å²) in [6.45, 7) is 5.88. The van der Waals surface area contributed by atoms with E-state index in [1.807, 2.05) is 13.8 Å². The Labute approximate surface area is 197 Å². The van der Waals surface area contributed by atoms with Crippen molar-refractivity contribution in [3.05, 3.63) is 36.4 Å². The Balaban J connectivity index is 0.000000301. The van der Waals surface area contributed by atoms with Crippen LogP contribution in [0.5, 0.6) is 0 Å². The first kappa shape index (κ1) is 28.5. The molecule has 2 aromatic carbocycles. The highest BCUT2D eigenvalue weighted by atomic mass is 32.2. The average Bonchev–Trinajstić information content (AvgIpc) is 3.29. The summed E-state index contributed by atoms with van der Waals surface area (Å²) in [6.07, 6.45) is 0. The van der Waals surface area contributed by atoms with E-state index in [-0.39, 0.29) is 22.1 Å². The van der Waals surface area contributed by atoms with Crippen molar-refractivity contribution >= 4 is 55.1 Å². The second-order valence-electron chi connectivity index (χ2n) is 6.47. The zero-order valence-corrected chi connectivity index (χ0v) is 21.0. The Morgan fingerprint density at radius 3 is 1.38 bits per heavy atom. The topological polar surface area (TPSA) is 185 Å². The summed E-state index contributed by atoms with van der Waals surface area (Å²) in [4.78, 5) is 6.04. The van der Waals surface area contributed by atoms with E-state index in [4.69, 9.17) is 9.11 Å². The van der Waals surface area contributed by atoms with Gasteiger partial charge in [-0.2, -0.15) is 16.8 Å². The zero-order valence-electron chi connectivity index (χ0n) is 17.8.